The van der Waals surface area contributed by atoms with E-state index in [-0.39, 0.29) is 23.3 Å². The molecule has 1 heterocycles. The minimum Gasteiger partial charge on any atom is -0.325 e. The number of para-hydroxylation sites is 1. The van der Waals surface area contributed by atoms with Crippen LogP contribution in [0.1, 0.15) is 0 Å². The Kier molecular flexibility index (Phi) is 5.64. The molecule has 0 saturated heterocycles. The molecule has 0 saturated carbocycles. The van der Waals surface area contributed by atoms with Crippen LogP contribution in [-0.2, 0) is 9.59 Å². The maximum Gasteiger partial charge on any atom is 0.234 e. The van der Waals surface area contributed by atoms with Gasteiger partial charge in [-0.3, -0.25) is 14.6 Å². The summed E-state index contributed by atoms with van der Waals surface area (Å²) in [5.41, 5.74) is 2.31. The molecule has 3 aromatic rings. The fraction of sp³-hybridized carbons (Fsp3) is 0.105. The van der Waals surface area contributed by atoms with Crippen molar-refractivity contribution in [2.45, 2.75) is 0 Å². The average Bonchev–Trinajstić information content (AvgIpc) is 2.63. The van der Waals surface area contributed by atoms with Gasteiger partial charge in [-0.15, -0.1) is 11.8 Å². The Bertz CT molecular complexity index is 879. The molecular weight excluding hydrogens is 334 g/mol. The Morgan fingerprint density at radius 3 is 2.40 bits per heavy atom. The molecule has 2 N–H and O–H groups in total. The molecule has 126 valence electrons. The van der Waals surface area contributed by atoms with Gasteiger partial charge in [-0.2, -0.15) is 0 Å². The summed E-state index contributed by atoms with van der Waals surface area (Å²) in [6, 6.07) is 18.6. The van der Waals surface area contributed by atoms with E-state index in [2.05, 4.69) is 15.6 Å². The van der Waals surface area contributed by atoms with E-state index in [0.29, 0.717) is 0 Å². The van der Waals surface area contributed by atoms with Gasteiger partial charge in [-0.25, -0.2) is 0 Å². The second-order valence-electron chi connectivity index (χ2n) is 5.33. The zero-order valence-corrected chi connectivity index (χ0v) is 14.3. The number of carbonyl (C=O) groups is 2. The Hall–Kier alpha value is -2.86. The van der Waals surface area contributed by atoms with Crippen LogP contribution in [0.15, 0.2) is 66.9 Å². The summed E-state index contributed by atoms with van der Waals surface area (Å²) in [6.07, 6.45) is 1.72. The highest BCUT2D eigenvalue weighted by Crippen LogP contribution is 2.21. The van der Waals surface area contributed by atoms with E-state index in [9.17, 15) is 9.59 Å². The number of nitrogens with zero attached hydrogens (tertiary/aromatic N) is 1. The monoisotopic (exact) mass is 351 g/mol. The van der Waals surface area contributed by atoms with Gasteiger partial charge >= 0.3 is 0 Å². The second kappa shape index (κ2) is 8.30. The van der Waals surface area contributed by atoms with Crippen molar-refractivity contribution in [3.63, 3.8) is 0 Å². The van der Waals surface area contributed by atoms with Gasteiger partial charge in [-0.05, 0) is 36.4 Å². The lowest BCUT2D eigenvalue weighted by molar-refractivity contribution is -0.114. The average molecular weight is 351 g/mol. The maximum absolute atomic E-state index is 12.1. The largest absolute Gasteiger partial charge is 0.325 e. The lowest BCUT2D eigenvalue weighted by Crippen LogP contribution is -2.18. The molecule has 2 amide bonds. The smallest absolute Gasteiger partial charge is 0.234 e. The topological polar surface area (TPSA) is 71.1 Å². The van der Waals surface area contributed by atoms with E-state index in [1.165, 1.54) is 11.8 Å². The van der Waals surface area contributed by atoms with Crippen LogP contribution >= 0.6 is 11.8 Å². The van der Waals surface area contributed by atoms with Crippen molar-refractivity contribution in [2.24, 2.45) is 0 Å². The van der Waals surface area contributed by atoms with E-state index in [4.69, 9.17) is 0 Å². The number of hydrogen-bond acceptors (Lipinski definition) is 4. The van der Waals surface area contributed by atoms with Crippen LogP contribution in [0.3, 0.4) is 0 Å². The predicted molar refractivity (Wildman–Crippen MR) is 103 cm³/mol. The van der Waals surface area contributed by atoms with Crippen LogP contribution in [0.2, 0.25) is 0 Å². The number of benzene rings is 2. The minimum absolute atomic E-state index is 0.127. The Balaban J connectivity index is 1.49. The van der Waals surface area contributed by atoms with Gasteiger partial charge < -0.3 is 10.6 Å². The maximum atomic E-state index is 12.1. The Morgan fingerprint density at radius 2 is 1.60 bits per heavy atom. The third-order valence-electron chi connectivity index (χ3n) is 3.44. The highest BCUT2D eigenvalue weighted by molar-refractivity contribution is 8.00. The van der Waals surface area contributed by atoms with Crippen LogP contribution in [0.4, 0.5) is 11.4 Å². The van der Waals surface area contributed by atoms with Crippen LogP contribution in [-0.4, -0.2) is 28.3 Å². The van der Waals surface area contributed by atoms with Crippen molar-refractivity contribution < 1.29 is 9.59 Å². The zero-order valence-electron chi connectivity index (χ0n) is 13.4. The number of thioether (sulfide) groups is 1. The Morgan fingerprint density at radius 1 is 0.840 bits per heavy atom. The molecule has 0 aliphatic carbocycles. The first kappa shape index (κ1) is 17.0. The number of fused-ring (bicyclic) bond motifs is 1. The van der Waals surface area contributed by atoms with Crippen LogP contribution in [0.5, 0.6) is 0 Å². The first-order chi connectivity index (χ1) is 12.2. The SMILES string of the molecule is O=C(CSCC(=O)Nc1cccc2ncccc12)Nc1ccccc1. The van der Waals surface area contributed by atoms with E-state index in [0.717, 1.165) is 22.3 Å². The molecule has 0 aliphatic rings. The summed E-state index contributed by atoms with van der Waals surface area (Å²) in [5, 5.41) is 6.56. The number of anilines is 2. The van der Waals surface area contributed by atoms with E-state index >= 15 is 0 Å². The second-order valence-corrected chi connectivity index (χ2v) is 6.32. The van der Waals surface area contributed by atoms with Gasteiger partial charge in [0.1, 0.15) is 0 Å². The number of carbonyl (C=O) groups excluding carboxylic acids is 2. The summed E-state index contributed by atoms with van der Waals surface area (Å²) in [4.78, 5) is 28.2. The number of nitrogens with one attached hydrogen (secondary N) is 2. The molecule has 1 aromatic heterocycles. The number of rotatable bonds is 6. The molecule has 0 aliphatic heterocycles. The van der Waals surface area contributed by atoms with Gasteiger partial charge in [0.15, 0.2) is 0 Å². The third kappa shape index (κ3) is 4.81. The van der Waals surface area contributed by atoms with Crippen molar-refractivity contribution >= 4 is 45.9 Å². The molecule has 0 radical (unpaired) electrons. The summed E-state index contributed by atoms with van der Waals surface area (Å²) >= 11 is 1.27. The predicted octanol–water partition coefficient (Wildman–Crippen LogP) is 3.55. The molecule has 0 atom stereocenters. The van der Waals surface area contributed by atoms with Crippen LogP contribution in [0.25, 0.3) is 10.9 Å². The standard InChI is InChI=1S/C19H17N3O2S/c23-18(21-14-6-2-1-3-7-14)12-25-13-19(24)22-17-10-4-9-16-15(17)8-5-11-20-16/h1-11H,12-13H2,(H,21,23)(H,22,24). The molecule has 2 aromatic carbocycles. The highest BCUT2D eigenvalue weighted by atomic mass is 32.2. The fourth-order valence-corrected chi connectivity index (χ4v) is 2.97. The highest BCUT2D eigenvalue weighted by Gasteiger charge is 2.08. The van der Waals surface area contributed by atoms with Gasteiger partial charge in [0.2, 0.25) is 11.8 Å². The molecular formula is C19H17N3O2S. The van der Waals surface area contributed by atoms with Crippen molar-refractivity contribution in [3.05, 3.63) is 66.9 Å². The first-order valence-corrected chi connectivity index (χ1v) is 8.94. The van der Waals surface area contributed by atoms with Gasteiger partial charge in [0.25, 0.3) is 0 Å². The quantitative estimate of drug-likeness (QED) is 0.712. The zero-order chi connectivity index (χ0) is 17.5. The van der Waals surface area contributed by atoms with E-state index in [1.54, 1.807) is 6.20 Å². The fourth-order valence-electron chi connectivity index (χ4n) is 2.35. The molecule has 0 unspecified atom stereocenters. The Labute approximate surface area is 149 Å². The molecule has 3 rings (SSSR count). The summed E-state index contributed by atoms with van der Waals surface area (Å²) in [5.74, 6) is 0.158. The van der Waals surface area contributed by atoms with Crippen molar-refractivity contribution in [1.29, 1.82) is 0 Å². The number of pyridine rings is 1. The molecule has 25 heavy (non-hydrogen) atoms. The normalized spacial score (nSPS) is 10.4. The van der Waals surface area contributed by atoms with Crippen molar-refractivity contribution in [3.8, 4) is 0 Å². The van der Waals surface area contributed by atoms with E-state index < -0.39 is 0 Å². The summed E-state index contributed by atoms with van der Waals surface area (Å²) in [7, 11) is 0. The molecule has 0 fully saturated rings. The van der Waals surface area contributed by atoms with Gasteiger partial charge in [0, 0.05) is 17.3 Å². The van der Waals surface area contributed by atoms with Crippen LogP contribution < -0.4 is 10.6 Å². The van der Waals surface area contributed by atoms with Gasteiger partial charge in [-0.1, -0.05) is 24.3 Å². The van der Waals surface area contributed by atoms with Gasteiger partial charge in [0.05, 0.1) is 22.7 Å². The molecule has 5 nitrogen and oxygen atoms in total. The summed E-state index contributed by atoms with van der Waals surface area (Å²) < 4.78 is 0. The van der Waals surface area contributed by atoms with Crippen molar-refractivity contribution in [2.75, 3.05) is 22.1 Å². The number of hydrogen-bond donors (Lipinski definition) is 2. The number of aromatic nitrogens is 1. The molecule has 6 heteroatoms. The first-order valence-electron chi connectivity index (χ1n) is 7.78. The lowest BCUT2D eigenvalue weighted by Gasteiger charge is -2.08. The third-order valence-corrected chi connectivity index (χ3v) is 4.38. The van der Waals surface area contributed by atoms with Crippen molar-refractivity contribution in [1.82, 2.24) is 4.98 Å². The molecule has 0 bridgehead atoms. The molecule has 0 spiro atoms. The summed E-state index contributed by atoms with van der Waals surface area (Å²) in [6.45, 7) is 0. The van der Waals surface area contributed by atoms with E-state index in [1.807, 2.05) is 60.7 Å². The van der Waals surface area contributed by atoms with Crippen LogP contribution in [0, 0.1) is 0 Å². The number of amides is 2. The minimum atomic E-state index is -0.145. The lowest BCUT2D eigenvalue weighted by atomic mass is 10.2.